The summed E-state index contributed by atoms with van der Waals surface area (Å²) in [6.07, 6.45) is 0.532. The van der Waals surface area contributed by atoms with Crippen LogP contribution < -0.4 is 5.73 Å². The van der Waals surface area contributed by atoms with Crippen LogP contribution in [0.4, 0.5) is 0 Å². The number of rotatable bonds is 3. The molecule has 86 valence electrons. The molecular weight excluding hydrogens is 196 g/mol. The maximum Gasteiger partial charge on any atom is 0.308 e. The molecule has 0 spiro atoms. The van der Waals surface area contributed by atoms with Crippen molar-refractivity contribution < 1.29 is 14.7 Å². The summed E-state index contributed by atoms with van der Waals surface area (Å²) in [5.41, 5.74) is 5.30. The molecule has 5 heteroatoms. The van der Waals surface area contributed by atoms with Crippen molar-refractivity contribution in [1.82, 2.24) is 4.90 Å². The number of hydrogen-bond acceptors (Lipinski definition) is 3. The summed E-state index contributed by atoms with van der Waals surface area (Å²) in [5, 5.41) is 9.04. The van der Waals surface area contributed by atoms with E-state index in [1.807, 2.05) is 13.8 Å². The van der Waals surface area contributed by atoms with Crippen LogP contribution in [0.3, 0.4) is 0 Å². The number of aliphatic carboxylic acids is 1. The zero-order chi connectivity index (χ0) is 11.6. The zero-order valence-electron chi connectivity index (χ0n) is 9.14. The Morgan fingerprint density at radius 3 is 2.53 bits per heavy atom. The van der Waals surface area contributed by atoms with Gasteiger partial charge < -0.3 is 15.7 Å². The molecule has 0 aromatic carbocycles. The molecule has 1 amide bonds. The number of carbonyl (C=O) groups excluding carboxylic acids is 1. The van der Waals surface area contributed by atoms with Gasteiger partial charge in [-0.1, -0.05) is 13.8 Å². The van der Waals surface area contributed by atoms with E-state index in [4.69, 9.17) is 10.8 Å². The van der Waals surface area contributed by atoms with Crippen LogP contribution >= 0.6 is 0 Å². The van der Waals surface area contributed by atoms with Gasteiger partial charge in [0.05, 0.1) is 12.5 Å². The fourth-order valence-corrected chi connectivity index (χ4v) is 2.32. The second-order valence-electron chi connectivity index (χ2n) is 4.26. The molecule has 0 saturated carbocycles. The van der Waals surface area contributed by atoms with E-state index in [9.17, 15) is 9.59 Å². The van der Waals surface area contributed by atoms with Gasteiger partial charge in [-0.25, -0.2) is 0 Å². The molecule has 1 rings (SSSR count). The first-order valence-corrected chi connectivity index (χ1v) is 5.21. The third-order valence-electron chi connectivity index (χ3n) is 2.95. The molecule has 0 aromatic rings. The number of amides is 1. The summed E-state index contributed by atoms with van der Waals surface area (Å²) < 4.78 is 0. The molecule has 3 N–H and O–H groups in total. The van der Waals surface area contributed by atoms with Gasteiger partial charge in [0.1, 0.15) is 0 Å². The second kappa shape index (κ2) is 4.61. The van der Waals surface area contributed by atoms with Gasteiger partial charge in [-0.15, -0.1) is 0 Å². The molecule has 0 unspecified atom stereocenters. The Balaban J connectivity index is 2.84. The highest BCUT2D eigenvalue weighted by atomic mass is 16.4. The Kier molecular flexibility index (Phi) is 3.68. The maximum atomic E-state index is 11.5. The fraction of sp³-hybridized carbons (Fsp3) is 0.800. The van der Waals surface area contributed by atoms with Gasteiger partial charge in [-0.05, 0) is 12.3 Å². The Labute approximate surface area is 89.2 Å². The lowest BCUT2D eigenvalue weighted by atomic mass is 9.91. The van der Waals surface area contributed by atoms with Crippen molar-refractivity contribution in [1.29, 1.82) is 0 Å². The van der Waals surface area contributed by atoms with Crippen LogP contribution in [0.15, 0.2) is 0 Å². The molecule has 1 aliphatic rings. The number of likely N-dealkylation sites (tertiary alicyclic amines) is 1. The predicted molar refractivity (Wildman–Crippen MR) is 55.1 cm³/mol. The van der Waals surface area contributed by atoms with Crippen molar-refractivity contribution in [2.75, 3.05) is 13.1 Å². The van der Waals surface area contributed by atoms with Crippen molar-refractivity contribution in [2.24, 2.45) is 17.6 Å². The highest BCUT2D eigenvalue weighted by molar-refractivity contribution is 5.81. The summed E-state index contributed by atoms with van der Waals surface area (Å²) in [4.78, 5) is 24.1. The average Bonchev–Trinajstić information content (AvgIpc) is 2.60. The smallest absolute Gasteiger partial charge is 0.308 e. The van der Waals surface area contributed by atoms with Gasteiger partial charge in [0.15, 0.2) is 0 Å². The molecule has 5 nitrogen and oxygen atoms in total. The third kappa shape index (κ3) is 2.28. The predicted octanol–water partition coefficient (Wildman–Crippen LogP) is -0.0972. The highest BCUT2D eigenvalue weighted by Gasteiger charge is 2.42. The number of nitrogens with zero attached hydrogens (tertiary/aromatic N) is 1. The van der Waals surface area contributed by atoms with E-state index < -0.39 is 11.9 Å². The molecule has 1 saturated heterocycles. The lowest BCUT2D eigenvalue weighted by Gasteiger charge is -2.29. The molecule has 2 atom stereocenters. The Morgan fingerprint density at radius 1 is 1.53 bits per heavy atom. The summed E-state index contributed by atoms with van der Waals surface area (Å²) in [6, 6.07) is -0.210. The van der Waals surface area contributed by atoms with Crippen LogP contribution in [-0.2, 0) is 9.59 Å². The third-order valence-corrected chi connectivity index (χ3v) is 2.95. The molecule has 0 aliphatic carbocycles. The van der Waals surface area contributed by atoms with Gasteiger partial charge in [-0.2, -0.15) is 0 Å². The largest absolute Gasteiger partial charge is 0.481 e. The number of hydrogen-bond donors (Lipinski definition) is 2. The Morgan fingerprint density at radius 2 is 2.13 bits per heavy atom. The van der Waals surface area contributed by atoms with Crippen LogP contribution in [0.1, 0.15) is 20.3 Å². The van der Waals surface area contributed by atoms with Crippen molar-refractivity contribution in [3.05, 3.63) is 0 Å². The summed E-state index contributed by atoms with van der Waals surface area (Å²) in [6.45, 7) is 4.33. The van der Waals surface area contributed by atoms with Crippen LogP contribution in [-0.4, -0.2) is 41.0 Å². The van der Waals surface area contributed by atoms with E-state index in [1.54, 1.807) is 4.90 Å². The van der Waals surface area contributed by atoms with Crippen molar-refractivity contribution in [3.8, 4) is 0 Å². The van der Waals surface area contributed by atoms with Crippen molar-refractivity contribution in [3.63, 3.8) is 0 Å². The molecule has 0 aromatic heterocycles. The van der Waals surface area contributed by atoms with E-state index in [0.29, 0.717) is 13.0 Å². The zero-order valence-corrected chi connectivity index (χ0v) is 9.14. The van der Waals surface area contributed by atoms with Crippen LogP contribution in [0.2, 0.25) is 0 Å². The normalized spacial score (nSPS) is 26.0. The Hall–Kier alpha value is -1.10. The summed E-state index contributed by atoms with van der Waals surface area (Å²) >= 11 is 0. The standard InChI is InChI=1S/C10H18N2O3/c1-6(2)9-7(10(14)15)3-4-12(9)8(13)5-11/h6-7,9H,3-5,11H2,1-2H3,(H,14,15)/t7-,9+/m0/s1. The van der Waals surface area contributed by atoms with E-state index >= 15 is 0 Å². The topological polar surface area (TPSA) is 83.6 Å². The molecular formula is C10H18N2O3. The molecule has 1 aliphatic heterocycles. The number of carboxylic acids is 1. The minimum Gasteiger partial charge on any atom is -0.481 e. The lowest BCUT2D eigenvalue weighted by Crippen LogP contribution is -2.45. The molecule has 0 bridgehead atoms. The highest BCUT2D eigenvalue weighted by Crippen LogP contribution is 2.29. The Bertz CT molecular complexity index is 265. The van der Waals surface area contributed by atoms with E-state index in [-0.39, 0.29) is 24.4 Å². The minimum absolute atomic E-state index is 0.0461. The van der Waals surface area contributed by atoms with E-state index in [2.05, 4.69) is 0 Å². The first-order chi connectivity index (χ1) is 6.99. The SMILES string of the molecule is CC(C)[C@@H]1[C@@H](C(=O)O)CCN1C(=O)CN. The number of carboxylic acid groups (broad SMARTS) is 1. The summed E-state index contributed by atoms with van der Waals surface area (Å²) in [7, 11) is 0. The lowest BCUT2D eigenvalue weighted by molar-refractivity contribution is -0.144. The average molecular weight is 214 g/mol. The monoisotopic (exact) mass is 214 g/mol. The van der Waals surface area contributed by atoms with Gasteiger partial charge >= 0.3 is 5.97 Å². The second-order valence-corrected chi connectivity index (χ2v) is 4.26. The fourth-order valence-electron chi connectivity index (χ4n) is 2.32. The van der Waals surface area contributed by atoms with Gasteiger partial charge in [0.2, 0.25) is 5.91 Å². The van der Waals surface area contributed by atoms with Crippen LogP contribution in [0, 0.1) is 11.8 Å². The van der Waals surface area contributed by atoms with Crippen molar-refractivity contribution >= 4 is 11.9 Å². The van der Waals surface area contributed by atoms with E-state index in [1.165, 1.54) is 0 Å². The van der Waals surface area contributed by atoms with Gasteiger partial charge in [-0.3, -0.25) is 9.59 Å². The minimum atomic E-state index is -0.818. The summed E-state index contributed by atoms with van der Waals surface area (Å²) in [5.74, 6) is -1.27. The van der Waals surface area contributed by atoms with Gasteiger partial charge in [0.25, 0.3) is 0 Å². The number of nitrogens with two attached hydrogens (primary N) is 1. The maximum absolute atomic E-state index is 11.5. The molecule has 1 heterocycles. The van der Waals surface area contributed by atoms with Crippen LogP contribution in [0.25, 0.3) is 0 Å². The molecule has 0 radical (unpaired) electrons. The molecule has 15 heavy (non-hydrogen) atoms. The molecule has 1 fully saturated rings. The first-order valence-electron chi connectivity index (χ1n) is 5.21. The first kappa shape index (κ1) is 12.0. The number of carbonyl (C=O) groups is 2. The quantitative estimate of drug-likeness (QED) is 0.687. The van der Waals surface area contributed by atoms with E-state index in [0.717, 1.165) is 0 Å². The van der Waals surface area contributed by atoms with Crippen LogP contribution in [0.5, 0.6) is 0 Å². The van der Waals surface area contributed by atoms with Gasteiger partial charge in [0, 0.05) is 12.6 Å². The van der Waals surface area contributed by atoms with Crippen molar-refractivity contribution in [2.45, 2.75) is 26.3 Å².